The first-order valence-electron chi connectivity index (χ1n) is 9.28. The van der Waals surface area contributed by atoms with Gasteiger partial charge >= 0.3 is 0 Å². The summed E-state index contributed by atoms with van der Waals surface area (Å²) in [5, 5.41) is 0. The van der Waals surface area contributed by atoms with E-state index in [0.717, 1.165) is 44.1 Å². The molecular weight excluding hydrogens is 344 g/mol. The predicted octanol–water partition coefficient (Wildman–Crippen LogP) is 2.23. The Morgan fingerprint density at radius 3 is 2.78 bits per heavy atom. The normalized spacial score (nSPS) is 15.3. The van der Waals surface area contributed by atoms with E-state index in [-0.39, 0.29) is 5.91 Å². The molecular formula is C20H26N4O3. The Morgan fingerprint density at radius 1 is 1.15 bits per heavy atom. The highest BCUT2D eigenvalue weighted by Crippen LogP contribution is 2.28. The number of carbonyl (C=O) groups is 1. The lowest BCUT2D eigenvalue weighted by molar-refractivity contribution is 0.0754. The smallest absolute Gasteiger partial charge is 0.274 e. The molecule has 0 N–H and O–H groups in total. The SMILES string of the molecule is CCOc1ccc(CN2CCCN(C(=O)c3cnccn3)CC2)cc1OC. The van der Waals surface area contributed by atoms with E-state index in [2.05, 4.69) is 20.9 Å². The van der Waals surface area contributed by atoms with Gasteiger partial charge in [0.25, 0.3) is 5.91 Å². The Balaban J connectivity index is 1.61. The zero-order valence-corrected chi connectivity index (χ0v) is 15.9. The molecule has 0 atom stereocenters. The van der Waals surface area contributed by atoms with E-state index < -0.39 is 0 Å². The third-order valence-electron chi connectivity index (χ3n) is 4.59. The molecule has 0 spiro atoms. The van der Waals surface area contributed by atoms with Gasteiger partial charge in [-0.05, 0) is 31.0 Å². The maximum atomic E-state index is 12.6. The Kier molecular flexibility index (Phi) is 6.59. The minimum absolute atomic E-state index is 0.0484. The van der Waals surface area contributed by atoms with Crippen molar-refractivity contribution < 1.29 is 14.3 Å². The second-order valence-corrected chi connectivity index (χ2v) is 6.43. The number of carbonyl (C=O) groups excluding carboxylic acids is 1. The summed E-state index contributed by atoms with van der Waals surface area (Å²) >= 11 is 0. The number of methoxy groups -OCH3 is 1. The third-order valence-corrected chi connectivity index (χ3v) is 4.59. The van der Waals surface area contributed by atoms with E-state index in [0.29, 0.717) is 18.8 Å². The van der Waals surface area contributed by atoms with Gasteiger partial charge in [0.15, 0.2) is 11.5 Å². The van der Waals surface area contributed by atoms with Gasteiger partial charge in [-0.1, -0.05) is 6.07 Å². The molecule has 1 aliphatic rings. The first kappa shape index (κ1) is 19.1. The highest BCUT2D eigenvalue weighted by atomic mass is 16.5. The van der Waals surface area contributed by atoms with Crippen LogP contribution in [0.2, 0.25) is 0 Å². The molecule has 0 saturated carbocycles. The summed E-state index contributed by atoms with van der Waals surface area (Å²) in [6, 6.07) is 6.05. The number of benzene rings is 1. The summed E-state index contributed by atoms with van der Waals surface area (Å²) in [6.45, 7) is 6.56. The van der Waals surface area contributed by atoms with Crippen molar-refractivity contribution in [1.82, 2.24) is 19.8 Å². The predicted molar refractivity (Wildman–Crippen MR) is 102 cm³/mol. The summed E-state index contributed by atoms with van der Waals surface area (Å²) in [5.41, 5.74) is 1.58. The van der Waals surface area contributed by atoms with Crippen molar-refractivity contribution in [1.29, 1.82) is 0 Å². The molecule has 144 valence electrons. The molecule has 2 aromatic rings. The molecule has 3 rings (SSSR count). The number of aromatic nitrogens is 2. The highest BCUT2D eigenvalue weighted by Gasteiger charge is 2.21. The van der Waals surface area contributed by atoms with Crippen LogP contribution in [0.3, 0.4) is 0 Å². The van der Waals surface area contributed by atoms with Crippen molar-refractivity contribution in [3.63, 3.8) is 0 Å². The molecule has 1 aliphatic heterocycles. The van der Waals surface area contributed by atoms with Crippen molar-refractivity contribution in [2.24, 2.45) is 0 Å². The van der Waals surface area contributed by atoms with Gasteiger partial charge in [0.1, 0.15) is 5.69 Å². The van der Waals surface area contributed by atoms with Crippen molar-refractivity contribution in [3.05, 3.63) is 48.0 Å². The number of hydrogen-bond acceptors (Lipinski definition) is 6. The lowest BCUT2D eigenvalue weighted by atomic mass is 10.2. The van der Waals surface area contributed by atoms with Crippen LogP contribution in [0, 0.1) is 0 Å². The number of amides is 1. The van der Waals surface area contributed by atoms with Crippen LogP contribution in [0.4, 0.5) is 0 Å². The van der Waals surface area contributed by atoms with Gasteiger partial charge in [-0.15, -0.1) is 0 Å². The van der Waals surface area contributed by atoms with E-state index in [1.807, 2.05) is 24.0 Å². The topological polar surface area (TPSA) is 67.8 Å². The van der Waals surface area contributed by atoms with Crippen LogP contribution < -0.4 is 9.47 Å². The fourth-order valence-electron chi connectivity index (χ4n) is 3.25. The van der Waals surface area contributed by atoms with Crippen molar-refractivity contribution in [2.75, 3.05) is 39.9 Å². The van der Waals surface area contributed by atoms with Gasteiger partial charge in [0.05, 0.1) is 19.9 Å². The quantitative estimate of drug-likeness (QED) is 0.777. The van der Waals surface area contributed by atoms with E-state index in [9.17, 15) is 4.79 Å². The monoisotopic (exact) mass is 370 g/mol. The maximum Gasteiger partial charge on any atom is 0.274 e. The van der Waals surface area contributed by atoms with Gasteiger partial charge < -0.3 is 14.4 Å². The first-order valence-corrected chi connectivity index (χ1v) is 9.28. The minimum atomic E-state index is -0.0484. The molecule has 0 aliphatic carbocycles. The maximum absolute atomic E-state index is 12.6. The van der Waals surface area contributed by atoms with Crippen LogP contribution in [0.15, 0.2) is 36.8 Å². The molecule has 0 unspecified atom stereocenters. The van der Waals surface area contributed by atoms with E-state index in [4.69, 9.17) is 9.47 Å². The van der Waals surface area contributed by atoms with Crippen LogP contribution in [0.5, 0.6) is 11.5 Å². The second-order valence-electron chi connectivity index (χ2n) is 6.43. The lowest BCUT2D eigenvalue weighted by Gasteiger charge is -2.22. The number of hydrogen-bond donors (Lipinski definition) is 0. The summed E-state index contributed by atoms with van der Waals surface area (Å²) in [6.07, 6.45) is 5.58. The fraction of sp³-hybridized carbons (Fsp3) is 0.450. The standard InChI is InChI=1S/C20H26N4O3/c1-3-27-18-6-5-16(13-19(18)26-2)15-23-9-4-10-24(12-11-23)20(25)17-14-21-7-8-22-17/h5-8,13-14H,3-4,9-12,15H2,1-2H3. The van der Waals surface area contributed by atoms with Crippen LogP contribution in [-0.4, -0.2) is 65.6 Å². The van der Waals surface area contributed by atoms with Crippen LogP contribution in [0.25, 0.3) is 0 Å². The number of ether oxygens (including phenoxy) is 2. The fourth-order valence-corrected chi connectivity index (χ4v) is 3.25. The Labute approximate surface area is 159 Å². The molecule has 7 nitrogen and oxygen atoms in total. The largest absolute Gasteiger partial charge is 0.493 e. The second kappa shape index (κ2) is 9.32. The van der Waals surface area contributed by atoms with Crippen molar-refractivity contribution >= 4 is 5.91 Å². The summed E-state index contributed by atoms with van der Waals surface area (Å²) in [5.74, 6) is 1.47. The average Bonchev–Trinajstić information content (AvgIpc) is 2.95. The number of nitrogens with zero attached hydrogens (tertiary/aromatic N) is 4. The molecule has 0 bridgehead atoms. The summed E-state index contributed by atoms with van der Waals surface area (Å²) < 4.78 is 11.0. The van der Waals surface area contributed by atoms with Gasteiger partial charge in [0.2, 0.25) is 0 Å². The first-order chi connectivity index (χ1) is 13.2. The lowest BCUT2D eigenvalue weighted by Crippen LogP contribution is -2.35. The average molecular weight is 370 g/mol. The Bertz CT molecular complexity index is 754. The van der Waals surface area contributed by atoms with Crippen molar-refractivity contribution in [2.45, 2.75) is 19.9 Å². The van der Waals surface area contributed by atoms with E-state index >= 15 is 0 Å². The van der Waals surface area contributed by atoms with Gasteiger partial charge in [-0.25, -0.2) is 4.98 Å². The summed E-state index contributed by atoms with van der Waals surface area (Å²) in [7, 11) is 1.66. The molecule has 27 heavy (non-hydrogen) atoms. The van der Waals surface area contributed by atoms with Crippen molar-refractivity contribution in [3.8, 4) is 11.5 Å². The molecule has 1 fully saturated rings. The molecule has 1 saturated heterocycles. The van der Waals surface area contributed by atoms with Gasteiger partial charge in [0, 0.05) is 45.1 Å². The minimum Gasteiger partial charge on any atom is -0.493 e. The molecule has 7 heteroatoms. The summed E-state index contributed by atoms with van der Waals surface area (Å²) in [4.78, 5) is 24.9. The van der Waals surface area contributed by atoms with Gasteiger partial charge in [-0.2, -0.15) is 0 Å². The van der Waals surface area contributed by atoms with Crippen LogP contribution in [-0.2, 0) is 6.54 Å². The molecule has 1 amide bonds. The zero-order chi connectivity index (χ0) is 19.1. The molecule has 1 aromatic carbocycles. The highest BCUT2D eigenvalue weighted by molar-refractivity contribution is 5.91. The zero-order valence-electron chi connectivity index (χ0n) is 15.9. The molecule has 2 heterocycles. The molecule has 1 aromatic heterocycles. The van der Waals surface area contributed by atoms with Gasteiger partial charge in [-0.3, -0.25) is 14.7 Å². The Hall–Kier alpha value is -2.67. The van der Waals surface area contributed by atoms with E-state index in [1.54, 1.807) is 19.5 Å². The molecule has 0 radical (unpaired) electrons. The van der Waals surface area contributed by atoms with E-state index in [1.165, 1.54) is 11.8 Å². The number of rotatable bonds is 6. The Morgan fingerprint density at radius 2 is 2.04 bits per heavy atom. The van der Waals surface area contributed by atoms with Crippen LogP contribution >= 0.6 is 0 Å². The van der Waals surface area contributed by atoms with Crippen LogP contribution in [0.1, 0.15) is 29.4 Å². The third kappa shape index (κ3) is 4.95.